The van der Waals surface area contributed by atoms with E-state index in [-0.39, 0.29) is 5.69 Å². The maximum Gasteiger partial charge on any atom is 0.269 e. The standard InChI is InChI=1S/C13H11NO2S2/c1-9-2-7-13(18-17)12(8-9)10-3-5-11(6-4-10)14(15)16/h2-8,17H,1H3. The highest BCUT2D eigenvalue weighted by atomic mass is 33.1. The molecule has 2 aromatic carbocycles. The van der Waals surface area contributed by atoms with E-state index in [0.29, 0.717) is 0 Å². The Morgan fingerprint density at radius 1 is 1.17 bits per heavy atom. The Labute approximate surface area is 114 Å². The molecule has 0 radical (unpaired) electrons. The van der Waals surface area contributed by atoms with E-state index >= 15 is 0 Å². The lowest BCUT2D eigenvalue weighted by atomic mass is 10.0. The summed E-state index contributed by atoms with van der Waals surface area (Å²) in [5.74, 6) is 0. The maximum atomic E-state index is 10.6. The summed E-state index contributed by atoms with van der Waals surface area (Å²) in [6.45, 7) is 2.02. The van der Waals surface area contributed by atoms with Gasteiger partial charge in [0.15, 0.2) is 0 Å². The Hall–Kier alpha value is -1.46. The van der Waals surface area contributed by atoms with E-state index in [2.05, 4.69) is 17.7 Å². The van der Waals surface area contributed by atoms with Crippen LogP contribution in [0.5, 0.6) is 0 Å². The molecule has 0 N–H and O–H groups in total. The lowest BCUT2D eigenvalue weighted by molar-refractivity contribution is -0.384. The summed E-state index contributed by atoms with van der Waals surface area (Å²) in [6, 6.07) is 12.6. The number of nitro groups is 1. The van der Waals surface area contributed by atoms with Gasteiger partial charge in [0.1, 0.15) is 0 Å². The van der Waals surface area contributed by atoms with Gasteiger partial charge in [-0.2, -0.15) is 0 Å². The van der Waals surface area contributed by atoms with Crippen LogP contribution in [0.25, 0.3) is 11.1 Å². The molecule has 0 bridgehead atoms. The van der Waals surface area contributed by atoms with Gasteiger partial charge in [0.05, 0.1) is 4.92 Å². The van der Waals surface area contributed by atoms with Crippen LogP contribution >= 0.6 is 22.5 Å². The van der Waals surface area contributed by atoms with Crippen molar-refractivity contribution in [3.8, 4) is 11.1 Å². The van der Waals surface area contributed by atoms with E-state index in [1.807, 2.05) is 19.1 Å². The topological polar surface area (TPSA) is 43.1 Å². The number of hydrogen-bond acceptors (Lipinski definition) is 4. The minimum Gasteiger partial charge on any atom is -0.258 e. The van der Waals surface area contributed by atoms with Gasteiger partial charge in [-0.25, -0.2) is 0 Å². The zero-order chi connectivity index (χ0) is 13.1. The summed E-state index contributed by atoms with van der Waals surface area (Å²) in [6.07, 6.45) is 0. The van der Waals surface area contributed by atoms with Crippen LogP contribution in [-0.4, -0.2) is 4.92 Å². The van der Waals surface area contributed by atoms with Gasteiger partial charge in [-0.3, -0.25) is 10.1 Å². The number of aryl methyl sites for hydroxylation is 1. The van der Waals surface area contributed by atoms with Crippen molar-refractivity contribution >= 4 is 28.1 Å². The number of nitrogens with zero attached hydrogens (tertiary/aromatic N) is 1. The largest absolute Gasteiger partial charge is 0.269 e. The van der Waals surface area contributed by atoms with Crippen molar-refractivity contribution in [1.82, 2.24) is 0 Å². The minimum absolute atomic E-state index is 0.103. The molecule has 0 amide bonds. The van der Waals surface area contributed by atoms with Crippen LogP contribution in [0.4, 0.5) is 5.69 Å². The molecule has 0 unspecified atom stereocenters. The first-order valence-corrected chi connectivity index (χ1v) is 7.15. The summed E-state index contributed by atoms with van der Waals surface area (Å²) in [5, 5.41) is 10.6. The van der Waals surface area contributed by atoms with E-state index in [4.69, 9.17) is 0 Å². The number of nitro benzene ring substituents is 1. The highest BCUT2D eigenvalue weighted by molar-refractivity contribution is 8.68. The van der Waals surface area contributed by atoms with E-state index in [0.717, 1.165) is 21.6 Å². The quantitative estimate of drug-likeness (QED) is 0.388. The molecule has 92 valence electrons. The zero-order valence-electron chi connectivity index (χ0n) is 9.66. The fourth-order valence-corrected chi connectivity index (χ4v) is 2.59. The predicted octanol–water partition coefficient (Wildman–Crippen LogP) is 4.51. The second-order valence-corrected chi connectivity index (χ2v) is 5.07. The summed E-state index contributed by atoms with van der Waals surface area (Å²) < 4.78 is 0. The van der Waals surface area contributed by atoms with Gasteiger partial charge in [-0.05, 0) is 36.2 Å². The second-order valence-electron chi connectivity index (χ2n) is 3.89. The van der Waals surface area contributed by atoms with Crippen LogP contribution in [0.2, 0.25) is 0 Å². The Morgan fingerprint density at radius 2 is 1.83 bits per heavy atom. The highest BCUT2D eigenvalue weighted by Crippen LogP contribution is 2.34. The van der Waals surface area contributed by atoms with Gasteiger partial charge < -0.3 is 0 Å². The van der Waals surface area contributed by atoms with Crippen molar-refractivity contribution < 1.29 is 4.92 Å². The molecule has 0 spiro atoms. The van der Waals surface area contributed by atoms with Gasteiger partial charge in [-0.15, -0.1) is 11.7 Å². The number of thiol groups is 1. The van der Waals surface area contributed by atoms with E-state index in [1.165, 1.54) is 22.9 Å². The Bertz CT molecular complexity index is 582. The fraction of sp³-hybridized carbons (Fsp3) is 0.0769. The van der Waals surface area contributed by atoms with Gasteiger partial charge in [0.25, 0.3) is 5.69 Å². The Morgan fingerprint density at radius 3 is 2.39 bits per heavy atom. The average molecular weight is 277 g/mol. The first-order chi connectivity index (χ1) is 8.61. The summed E-state index contributed by atoms with van der Waals surface area (Å²) >= 11 is 4.23. The molecule has 0 atom stereocenters. The molecular formula is C13H11NO2S2. The number of rotatable bonds is 3. The van der Waals surface area contributed by atoms with Crippen molar-refractivity contribution in [3.63, 3.8) is 0 Å². The van der Waals surface area contributed by atoms with Crippen molar-refractivity contribution in [2.24, 2.45) is 0 Å². The molecule has 0 saturated carbocycles. The van der Waals surface area contributed by atoms with Gasteiger partial charge in [0.2, 0.25) is 0 Å². The molecule has 0 fully saturated rings. The molecule has 0 aliphatic carbocycles. The Balaban J connectivity index is 2.48. The Kier molecular flexibility index (Phi) is 3.93. The number of non-ortho nitro benzene ring substituents is 1. The second kappa shape index (κ2) is 5.46. The van der Waals surface area contributed by atoms with E-state index in [9.17, 15) is 10.1 Å². The van der Waals surface area contributed by atoms with Gasteiger partial charge >= 0.3 is 0 Å². The van der Waals surface area contributed by atoms with Crippen LogP contribution in [0.1, 0.15) is 5.56 Å². The van der Waals surface area contributed by atoms with Crippen LogP contribution in [0.15, 0.2) is 47.4 Å². The minimum atomic E-state index is -0.395. The molecule has 0 saturated heterocycles. The lowest BCUT2D eigenvalue weighted by Gasteiger charge is -2.08. The molecule has 0 aliphatic rings. The molecule has 5 heteroatoms. The average Bonchev–Trinajstić information content (AvgIpc) is 2.39. The zero-order valence-corrected chi connectivity index (χ0v) is 11.4. The first-order valence-electron chi connectivity index (χ1n) is 5.28. The molecule has 0 heterocycles. The van der Waals surface area contributed by atoms with Crippen LogP contribution in [-0.2, 0) is 0 Å². The first kappa shape index (κ1) is 13.0. The van der Waals surface area contributed by atoms with Crippen molar-refractivity contribution in [2.45, 2.75) is 11.8 Å². The highest BCUT2D eigenvalue weighted by Gasteiger charge is 2.08. The normalized spacial score (nSPS) is 10.3. The molecule has 2 rings (SSSR count). The number of benzene rings is 2. The predicted molar refractivity (Wildman–Crippen MR) is 78.1 cm³/mol. The number of hydrogen-bond donors (Lipinski definition) is 1. The third kappa shape index (κ3) is 2.68. The van der Waals surface area contributed by atoms with Crippen LogP contribution in [0, 0.1) is 17.0 Å². The van der Waals surface area contributed by atoms with Crippen molar-refractivity contribution in [3.05, 3.63) is 58.1 Å². The monoisotopic (exact) mass is 277 g/mol. The van der Waals surface area contributed by atoms with Gasteiger partial charge in [-0.1, -0.05) is 28.5 Å². The fourth-order valence-electron chi connectivity index (χ4n) is 1.71. The van der Waals surface area contributed by atoms with E-state index in [1.54, 1.807) is 12.1 Å². The summed E-state index contributed by atoms with van der Waals surface area (Å²) in [7, 11) is 1.37. The lowest BCUT2D eigenvalue weighted by Crippen LogP contribution is -1.88. The van der Waals surface area contributed by atoms with Crippen molar-refractivity contribution in [1.29, 1.82) is 0 Å². The summed E-state index contributed by atoms with van der Waals surface area (Å²) in [4.78, 5) is 11.3. The molecule has 0 aromatic heterocycles. The van der Waals surface area contributed by atoms with E-state index < -0.39 is 4.92 Å². The third-order valence-corrected chi connectivity index (χ3v) is 3.77. The smallest absolute Gasteiger partial charge is 0.258 e. The molecule has 2 aromatic rings. The molecular weight excluding hydrogens is 266 g/mol. The SMILES string of the molecule is Cc1ccc(SS)c(-c2ccc([N+](=O)[O-])cc2)c1. The molecule has 3 nitrogen and oxygen atoms in total. The molecule has 0 aliphatic heterocycles. The van der Waals surface area contributed by atoms with Crippen LogP contribution < -0.4 is 0 Å². The molecule has 18 heavy (non-hydrogen) atoms. The van der Waals surface area contributed by atoms with Crippen LogP contribution in [0.3, 0.4) is 0 Å². The third-order valence-electron chi connectivity index (χ3n) is 2.62. The summed E-state index contributed by atoms with van der Waals surface area (Å²) in [5.41, 5.74) is 3.26. The van der Waals surface area contributed by atoms with Crippen molar-refractivity contribution in [2.75, 3.05) is 0 Å². The van der Waals surface area contributed by atoms with Gasteiger partial charge in [0, 0.05) is 17.0 Å². The maximum absolute atomic E-state index is 10.6.